The molecule has 1 atom stereocenters. The molecule has 1 saturated heterocycles. The van der Waals surface area contributed by atoms with Crippen LogP contribution in [-0.4, -0.2) is 78.1 Å². The molecule has 0 aliphatic carbocycles. The van der Waals surface area contributed by atoms with Crippen molar-refractivity contribution < 1.29 is 14.3 Å². The van der Waals surface area contributed by atoms with Gasteiger partial charge in [-0.05, 0) is 58.3 Å². The van der Waals surface area contributed by atoms with E-state index in [0.29, 0.717) is 18.0 Å². The summed E-state index contributed by atoms with van der Waals surface area (Å²) in [6.07, 6.45) is 3.59. The number of benzene rings is 1. The molecule has 1 aromatic heterocycles. The lowest BCUT2D eigenvalue weighted by Crippen LogP contribution is -2.49. The summed E-state index contributed by atoms with van der Waals surface area (Å²) in [6, 6.07) is 8.05. The summed E-state index contributed by atoms with van der Waals surface area (Å²) in [6.45, 7) is 10.9. The number of carbonyl (C=O) groups excluding carboxylic acids is 2. The van der Waals surface area contributed by atoms with Crippen LogP contribution in [0.1, 0.15) is 51.8 Å². The van der Waals surface area contributed by atoms with Gasteiger partial charge in [0.15, 0.2) is 0 Å². The maximum absolute atomic E-state index is 13.8. The number of aromatic nitrogens is 1. The number of nitrogens with one attached hydrogen (secondary N) is 1. The van der Waals surface area contributed by atoms with Crippen molar-refractivity contribution in [1.82, 2.24) is 19.7 Å². The molecule has 34 heavy (non-hydrogen) atoms. The monoisotopic (exact) mass is 466 g/mol. The minimum absolute atomic E-state index is 0.0409. The Labute approximate surface area is 202 Å². The Morgan fingerprint density at radius 2 is 1.97 bits per heavy atom. The van der Waals surface area contributed by atoms with Crippen LogP contribution in [0.3, 0.4) is 0 Å². The zero-order valence-corrected chi connectivity index (χ0v) is 21.4. The van der Waals surface area contributed by atoms with E-state index in [0.717, 1.165) is 54.6 Å². The van der Waals surface area contributed by atoms with Gasteiger partial charge in [-0.15, -0.1) is 0 Å². The first kappa shape index (κ1) is 24.3. The van der Waals surface area contributed by atoms with Crippen molar-refractivity contribution in [3.05, 3.63) is 41.7 Å². The molecule has 2 aromatic rings. The second-order valence-corrected chi connectivity index (χ2v) is 10.9. The van der Waals surface area contributed by atoms with E-state index >= 15 is 0 Å². The van der Waals surface area contributed by atoms with Gasteiger partial charge in [-0.3, -0.25) is 4.90 Å². The third-order valence-corrected chi connectivity index (χ3v) is 6.72. The molecule has 7 heteroatoms. The third-order valence-electron chi connectivity index (χ3n) is 6.72. The van der Waals surface area contributed by atoms with Crippen molar-refractivity contribution in [2.75, 3.05) is 40.3 Å². The SMILES string of the molecule is CC(C)OC(=O)C1=CN(C(=O)N2CCCC(CN(C)C)C2)CC(C)(C)c2c1[nH]c1ccccc21. The molecule has 2 aliphatic rings. The Bertz CT molecular complexity index is 1100. The van der Waals surface area contributed by atoms with Gasteiger partial charge < -0.3 is 19.5 Å². The van der Waals surface area contributed by atoms with E-state index in [2.05, 4.69) is 43.9 Å². The van der Waals surface area contributed by atoms with E-state index in [-0.39, 0.29) is 17.6 Å². The maximum Gasteiger partial charge on any atom is 0.342 e. The minimum Gasteiger partial charge on any atom is -0.459 e. The summed E-state index contributed by atoms with van der Waals surface area (Å²) < 4.78 is 5.62. The smallest absolute Gasteiger partial charge is 0.342 e. The van der Waals surface area contributed by atoms with Gasteiger partial charge >= 0.3 is 12.0 Å². The number of ether oxygens (including phenoxy) is 1. The molecular weight excluding hydrogens is 428 g/mol. The lowest BCUT2D eigenvalue weighted by atomic mass is 9.82. The lowest BCUT2D eigenvalue weighted by Gasteiger charge is -2.38. The van der Waals surface area contributed by atoms with Gasteiger partial charge in [0.25, 0.3) is 0 Å². The summed E-state index contributed by atoms with van der Waals surface area (Å²) in [5.74, 6) is 0.0427. The second-order valence-electron chi connectivity index (χ2n) is 10.9. The van der Waals surface area contributed by atoms with Crippen LogP contribution >= 0.6 is 0 Å². The highest BCUT2D eigenvalue weighted by molar-refractivity contribution is 6.18. The predicted molar refractivity (Wildman–Crippen MR) is 135 cm³/mol. The predicted octanol–water partition coefficient (Wildman–Crippen LogP) is 4.45. The number of urea groups is 1. The zero-order chi connectivity index (χ0) is 24.6. The maximum atomic E-state index is 13.8. The molecule has 2 amide bonds. The van der Waals surface area contributed by atoms with Gasteiger partial charge in [-0.25, -0.2) is 9.59 Å². The molecule has 4 rings (SSSR count). The molecule has 1 aromatic carbocycles. The molecule has 7 nitrogen and oxygen atoms in total. The number of hydrogen-bond donors (Lipinski definition) is 1. The average Bonchev–Trinajstić information content (AvgIpc) is 3.10. The van der Waals surface area contributed by atoms with Crippen LogP contribution in [0.4, 0.5) is 4.79 Å². The highest BCUT2D eigenvalue weighted by atomic mass is 16.5. The van der Waals surface area contributed by atoms with Crippen molar-refractivity contribution in [1.29, 1.82) is 0 Å². The van der Waals surface area contributed by atoms with Crippen LogP contribution < -0.4 is 0 Å². The number of H-pyrrole nitrogens is 1. The summed E-state index contributed by atoms with van der Waals surface area (Å²) >= 11 is 0. The van der Waals surface area contributed by atoms with E-state index < -0.39 is 5.97 Å². The number of esters is 1. The number of fused-ring (bicyclic) bond motifs is 3. The standard InChI is InChI=1S/C27H38N4O3/c1-18(2)34-25(32)21-16-31(26(33)30-13-9-10-19(15-30)14-29(5)6)17-27(3,4)23-20-11-7-8-12-22(20)28-24(21)23/h7-8,11-12,16,18-19,28H,9-10,13-15,17H2,1-6H3. The molecule has 0 saturated carbocycles. The van der Waals surface area contributed by atoms with Crippen LogP contribution in [0.15, 0.2) is 30.5 Å². The van der Waals surface area contributed by atoms with Crippen molar-refractivity contribution in [2.24, 2.45) is 5.92 Å². The van der Waals surface area contributed by atoms with Crippen LogP contribution in [-0.2, 0) is 14.9 Å². The Kier molecular flexibility index (Phi) is 6.76. The molecule has 184 valence electrons. The highest BCUT2D eigenvalue weighted by Gasteiger charge is 2.39. The van der Waals surface area contributed by atoms with Crippen molar-refractivity contribution in [3.8, 4) is 0 Å². The van der Waals surface area contributed by atoms with Gasteiger partial charge in [-0.1, -0.05) is 32.0 Å². The number of rotatable bonds is 4. The van der Waals surface area contributed by atoms with Crippen LogP contribution in [0, 0.1) is 5.92 Å². The number of para-hydroxylation sites is 1. The molecule has 1 N–H and O–H groups in total. The summed E-state index contributed by atoms with van der Waals surface area (Å²) in [4.78, 5) is 36.4. The van der Waals surface area contributed by atoms with Crippen molar-refractivity contribution >= 4 is 28.5 Å². The molecular formula is C27H38N4O3. The topological polar surface area (TPSA) is 68.9 Å². The fraction of sp³-hybridized carbons (Fsp3) is 0.556. The number of likely N-dealkylation sites (tertiary alicyclic amines) is 1. The first-order valence-electron chi connectivity index (χ1n) is 12.3. The number of nitrogens with zero attached hydrogens (tertiary/aromatic N) is 3. The molecule has 1 fully saturated rings. The molecule has 0 bridgehead atoms. The summed E-state index contributed by atoms with van der Waals surface area (Å²) in [5, 5.41) is 1.07. The van der Waals surface area contributed by atoms with Gasteiger partial charge in [-0.2, -0.15) is 0 Å². The van der Waals surface area contributed by atoms with E-state index in [1.165, 1.54) is 0 Å². The highest BCUT2D eigenvalue weighted by Crippen LogP contribution is 2.40. The minimum atomic E-state index is -0.414. The van der Waals surface area contributed by atoms with Gasteiger partial charge in [0.05, 0.1) is 17.4 Å². The largest absolute Gasteiger partial charge is 0.459 e. The summed E-state index contributed by atoms with van der Waals surface area (Å²) in [5.41, 5.74) is 2.80. The second kappa shape index (κ2) is 9.45. The van der Waals surface area contributed by atoms with Crippen molar-refractivity contribution in [2.45, 2.75) is 52.1 Å². The van der Waals surface area contributed by atoms with E-state index in [9.17, 15) is 9.59 Å². The van der Waals surface area contributed by atoms with Gasteiger partial charge in [0, 0.05) is 48.7 Å². The van der Waals surface area contributed by atoms with Crippen LogP contribution in [0.25, 0.3) is 16.5 Å². The van der Waals surface area contributed by atoms with E-state index in [1.54, 1.807) is 11.1 Å². The van der Waals surface area contributed by atoms with Crippen molar-refractivity contribution in [3.63, 3.8) is 0 Å². The number of amides is 2. The average molecular weight is 467 g/mol. The van der Waals surface area contributed by atoms with E-state index in [4.69, 9.17) is 4.74 Å². The molecule has 3 heterocycles. The first-order valence-corrected chi connectivity index (χ1v) is 12.3. The Balaban J connectivity index is 1.74. The fourth-order valence-electron chi connectivity index (χ4n) is 5.46. The molecule has 0 radical (unpaired) electrons. The number of aromatic amines is 1. The van der Waals surface area contributed by atoms with Crippen LogP contribution in [0.2, 0.25) is 0 Å². The molecule has 1 unspecified atom stereocenters. The Morgan fingerprint density at radius 3 is 2.68 bits per heavy atom. The lowest BCUT2D eigenvalue weighted by molar-refractivity contribution is -0.140. The Hall–Kier alpha value is -2.80. The van der Waals surface area contributed by atoms with Gasteiger partial charge in [0.1, 0.15) is 0 Å². The Morgan fingerprint density at radius 1 is 1.24 bits per heavy atom. The molecule has 0 spiro atoms. The number of piperidine rings is 1. The molecule has 2 aliphatic heterocycles. The first-order chi connectivity index (χ1) is 16.1. The number of hydrogen-bond acceptors (Lipinski definition) is 4. The quantitative estimate of drug-likeness (QED) is 0.676. The fourth-order valence-corrected chi connectivity index (χ4v) is 5.46. The van der Waals surface area contributed by atoms with E-state index in [1.807, 2.05) is 36.9 Å². The third kappa shape index (κ3) is 4.85. The normalized spacial score (nSPS) is 20.4. The van der Waals surface area contributed by atoms with Crippen LogP contribution in [0.5, 0.6) is 0 Å². The zero-order valence-electron chi connectivity index (χ0n) is 21.4. The number of carbonyl (C=O) groups is 2. The summed E-state index contributed by atoms with van der Waals surface area (Å²) in [7, 11) is 4.15. The van der Waals surface area contributed by atoms with Gasteiger partial charge in [0.2, 0.25) is 0 Å².